The smallest absolute Gasteiger partial charge is 0.162 e. The van der Waals surface area contributed by atoms with Crippen LogP contribution in [0.15, 0.2) is 0 Å². The Morgan fingerprint density at radius 3 is 2.37 bits per heavy atom. The third-order valence-electron chi connectivity index (χ3n) is 3.42. The van der Waals surface area contributed by atoms with Crippen LogP contribution in [0, 0.1) is 19.3 Å². The molecule has 104 valence electrons. The number of morpholine rings is 1. The molecule has 6 nitrogen and oxygen atoms in total. The fourth-order valence-corrected chi connectivity index (χ4v) is 2.49. The monoisotopic (exact) mass is 263 g/mol. The summed E-state index contributed by atoms with van der Waals surface area (Å²) >= 11 is 0. The summed E-state index contributed by atoms with van der Waals surface area (Å²) in [5, 5.41) is 16.2. The molecule has 1 aliphatic rings. The van der Waals surface area contributed by atoms with E-state index in [0.717, 1.165) is 24.3 Å². The van der Waals surface area contributed by atoms with Gasteiger partial charge in [-0.15, -0.1) is 5.10 Å². The minimum absolute atomic E-state index is 0.0392. The van der Waals surface area contributed by atoms with E-state index in [2.05, 4.69) is 15.1 Å². The van der Waals surface area contributed by atoms with E-state index in [4.69, 9.17) is 15.9 Å². The number of anilines is 1. The lowest BCUT2D eigenvalue weighted by molar-refractivity contribution is -0.00552. The van der Waals surface area contributed by atoms with Gasteiger partial charge in [-0.25, -0.2) is 0 Å². The second-order valence-electron chi connectivity index (χ2n) is 5.18. The lowest BCUT2D eigenvalue weighted by Crippen LogP contribution is -2.46. The van der Waals surface area contributed by atoms with Crippen LogP contribution >= 0.6 is 0 Å². The molecule has 1 aliphatic heterocycles. The Morgan fingerprint density at radius 2 is 1.84 bits per heavy atom. The number of amidine groups is 1. The number of aromatic nitrogens is 2. The van der Waals surface area contributed by atoms with Crippen LogP contribution in [0.5, 0.6) is 0 Å². The van der Waals surface area contributed by atoms with E-state index >= 15 is 0 Å². The summed E-state index contributed by atoms with van der Waals surface area (Å²) in [6.45, 7) is 9.35. The molecule has 19 heavy (non-hydrogen) atoms. The molecule has 0 bridgehead atoms. The highest BCUT2D eigenvalue weighted by atomic mass is 16.5. The Kier molecular flexibility index (Phi) is 3.71. The molecule has 3 N–H and O–H groups in total. The van der Waals surface area contributed by atoms with Crippen LogP contribution in [0.4, 0.5) is 5.82 Å². The standard InChI is InChI=1S/C13H21N5O/c1-7-5-18(6-8(2)19-7)13-11(12(14)15)9(3)10(4)16-17-13/h7-8H,5-6H2,1-4H3,(H3,14,15). The molecule has 2 rings (SSSR count). The Balaban J connectivity index is 2.44. The van der Waals surface area contributed by atoms with E-state index in [-0.39, 0.29) is 18.0 Å². The van der Waals surface area contributed by atoms with Crippen molar-refractivity contribution in [2.45, 2.75) is 39.9 Å². The number of hydrogen-bond donors (Lipinski definition) is 2. The normalized spacial score (nSPS) is 23.5. The number of ether oxygens (including phenoxy) is 1. The molecule has 1 saturated heterocycles. The maximum Gasteiger partial charge on any atom is 0.162 e. The Hall–Kier alpha value is -1.69. The van der Waals surface area contributed by atoms with E-state index in [1.807, 2.05) is 27.7 Å². The number of nitrogens with two attached hydrogens (primary N) is 1. The van der Waals surface area contributed by atoms with Crippen molar-refractivity contribution in [3.63, 3.8) is 0 Å². The van der Waals surface area contributed by atoms with Crippen molar-refractivity contribution in [1.29, 1.82) is 5.41 Å². The summed E-state index contributed by atoms with van der Waals surface area (Å²) in [5.41, 5.74) is 8.14. The van der Waals surface area contributed by atoms with Gasteiger partial charge in [0.25, 0.3) is 0 Å². The Labute approximate surface area is 113 Å². The first-order valence-electron chi connectivity index (χ1n) is 6.48. The predicted octanol–water partition coefficient (Wildman–Crippen LogP) is 0.991. The van der Waals surface area contributed by atoms with E-state index in [1.54, 1.807) is 0 Å². The van der Waals surface area contributed by atoms with Crippen molar-refractivity contribution in [3.8, 4) is 0 Å². The molecule has 2 unspecified atom stereocenters. The van der Waals surface area contributed by atoms with Crippen molar-refractivity contribution in [2.24, 2.45) is 5.73 Å². The third-order valence-corrected chi connectivity index (χ3v) is 3.42. The number of nitrogens with one attached hydrogen (secondary N) is 1. The number of aryl methyl sites for hydroxylation is 1. The molecule has 0 spiro atoms. The molecule has 0 amide bonds. The molecule has 0 aliphatic carbocycles. The molecule has 6 heteroatoms. The van der Waals surface area contributed by atoms with Crippen LogP contribution in [0.3, 0.4) is 0 Å². The molecule has 0 aromatic carbocycles. The zero-order valence-corrected chi connectivity index (χ0v) is 11.9. The van der Waals surface area contributed by atoms with Gasteiger partial charge in [0.05, 0.1) is 23.5 Å². The molecule has 0 radical (unpaired) electrons. The van der Waals surface area contributed by atoms with Crippen LogP contribution in [-0.4, -0.2) is 41.3 Å². The van der Waals surface area contributed by atoms with Crippen molar-refractivity contribution in [1.82, 2.24) is 10.2 Å². The van der Waals surface area contributed by atoms with Crippen LogP contribution in [0.25, 0.3) is 0 Å². The Bertz CT molecular complexity index is 492. The molecular formula is C13H21N5O. The minimum Gasteiger partial charge on any atom is -0.384 e. The van der Waals surface area contributed by atoms with E-state index in [1.165, 1.54) is 0 Å². The summed E-state index contributed by atoms with van der Waals surface area (Å²) in [5.74, 6) is 0.731. The first kappa shape index (κ1) is 13.7. The van der Waals surface area contributed by atoms with Gasteiger partial charge in [0, 0.05) is 13.1 Å². The van der Waals surface area contributed by atoms with Crippen molar-refractivity contribution in [2.75, 3.05) is 18.0 Å². The first-order valence-corrected chi connectivity index (χ1v) is 6.48. The molecule has 2 atom stereocenters. The first-order chi connectivity index (χ1) is 8.90. The topological polar surface area (TPSA) is 88.1 Å². The summed E-state index contributed by atoms with van der Waals surface area (Å²) < 4.78 is 5.72. The van der Waals surface area contributed by atoms with Crippen LogP contribution in [0.2, 0.25) is 0 Å². The fraction of sp³-hybridized carbons (Fsp3) is 0.615. The van der Waals surface area contributed by atoms with Gasteiger partial charge >= 0.3 is 0 Å². The third kappa shape index (κ3) is 2.68. The van der Waals surface area contributed by atoms with Gasteiger partial charge < -0.3 is 15.4 Å². The highest BCUT2D eigenvalue weighted by Gasteiger charge is 2.27. The van der Waals surface area contributed by atoms with E-state index < -0.39 is 0 Å². The van der Waals surface area contributed by atoms with Crippen LogP contribution < -0.4 is 10.6 Å². The zero-order chi connectivity index (χ0) is 14.2. The molecule has 1 fully saturated rings. The predicted molar refractivity (Wildman–Crippen MR) is 74.7 cm³/mol. The minimum atomic E-state index is 0.0392. The number of nitrogen functional groups attached to an aromatic ring is 1. The van der Waals surface area contributed by atoms with Crippen LogP contribution in [-0.2, 0) is 4.74 Å². The molecule has 2 heterocycles. The molecule has 1 aromatic rings. The summed E-state index contributed by atoms with van der Waals surface area (Å²) in [6.07, 6.45) is 0.263. The van der Waals surface area contributed by atoms with Gasteiger partial charge in [0.1, 0.15) is 5.84 Å². The van der Waals surface area contributed by atoms with E-state index in [9.17, 15) is 0 Å². The largest absolute Gasteiger partial charge is 0.384 e. The summed E-state index contributed by atoms with van der Waals surface area (Å²) in [4.78, 5) is 2.11. The van der Waals surface area contributed by atoms with Crippen LogP contribution in [0.1, 0.15) is 30.7 Å². The summed E-state index contributed by atoms with van der Waals surface area (Å²) in [7, 11) is 0. The zero-order valence-electron chi connectivity index (χ0n) is 11.9. The number of rotatable bonds is 2. The van der Waals surface area contributed by atoms with E-state index in [0.29, 0.717) is 11.4 Å². The quantitative estimate of drug-likeness (QED) is 0.613. The average Bonchev–Trinajstić information content (AvgIpc) is 2.30. The second-order valence-corrected chi connectivity index (χ2v) is 5.18. The lowest BCUT2D eigenvalue weighted by atomic mass is 10.1. The number of hydrogen-bond acceptors (Lipinski definition) is 5. The van der Waals surface area contributed by atoms with Crippen molar-refractivity contribution in [3.05, 3.63) is 16.8 Å². The fourth-order valence-electron chi connectivity index (χ4n) is 2.49. The van der Waals surface area contributed by atoms with Gasteiger partial charge in [-0.2, -0.15) is 5.10 Å². The average molecular weight is 263 g/mol. The van der Waals surface area contributed by atoms with Gasteiger partial charge in [-0.1, -0.05) is 0 Å². The van der Waals surface area contributed by atoms with Gasteiger partial charge in [-0.05, 0) is 33.3 Å². The maximum absolute atomic E-state index is 7.78. The maximum atomic E-state index is 7.78. The molecular weight excluding hydrogens is 242 g/mol. The van der Waals surface area contributed by atoms with Gasteiger partial charge in [0.15, 0.2) is 5.82 Å². The van der Waals surface area contributed by atoms with Crippen molar-refractivity contribution >= 4 is 11.7 Å². The summed E-state index contributed by atoms with van der Waals surface area (Å²) in [6, 6.07) is 0. The number of nitrogens with zero attached hydrogens (tertiary/aromatic N) is 3. The lowest BCUT2D eigenvalue weighted by Gasteiger charge is -2.36. The second kappa shape index (κ2) is 5.13. The highest BCUT2D eigenvalue weighted by Crippen LogP contribution is 2.24. The van der Waals surface area contributed by atoms with Crippen molar-refractivity contribution < 1.29 is 4.74 Å². The molecule has 0 saturated carbocycles. The Morgan fingerprint density at radius 1 is 1.26 bits per heavy atom. The van der Waals surface area contributed by atoms with Gasteiger partial charge in [-0.3, -0.25) is 5.41 Å². The highest BCUT2D eigenvalue weighted by molar-refractivity contribution is 6.01. The SMILES string of the molecule is Cc1nnc(N2CC(C)OC(C)C2)c(C(=N)N)c1C. The van der Waals surface area contributed by atoms with Gasteiger partial charge in [0.2, 0.25) is 0 Å². The molecule has 1 aromatic heterocycles.